The van der Waals surface area contributed by atoms with Gasteiger partial charge in [-0.1, -0.05) is 24.3 Å². The Bertz CT molecular complexity index is 626. The number of rotatable bonds is 1. The van der Waals surface area contributed by atoms with Gasteiger partial charge in [-0.05, 0) is 12.1 Å². The van der Waals surface area contributed by atoms with Gasteiger partial charge in [0.1, 0.15) is 5.75 Å². The smallest absolute Gasteiger partial charge is 0.228 e. The van der Waals surface area contributed by atoms with Crippen LogP contribution in [0.25, 0.3) is 10.8 Å². The molecule has 0 saturated carbocycles. The first kappa shape index (κ1) is 11.4. The molecular formula is C14H13NO2S. The maximum Gasteiger partial charge on any atom is 0.228 e. The molecule has 1 aliphatic rings. The standard InChI is InChI=1S/C14H13NO2S/c16-13-6-2-3-10-11(13)4-1-5-12(10)15-8-9(18)7-14(15)17/h1-6,9,16,18H,7-8H2. The van der Waals surface area contributed by atoms with E-state index in [0.717, 1.165) is 16.5 Å². The van der Waals surface area contributed by atoms with Crippen molar-refractivity contribution in [2.75, 3.05) is 11.4 Å². The zero-order valence-corrected chi connectivity index (χ0v) is 10.6. The number of amides is 1. The van der Waals surface area contributed by atoms with Crippen molar-refractivity contribution in [1.82, 2.24) is 0 Å². The van der Waals surface area contributed by atoms with Crippen molar-refractivity contribution in [3.63, 3.8) is 0 Å². The summed E-state index contributed by atoms with van der Waals surface area (Å²) >= 11 is 4.36. The summed E-state index contributed by atoms with van der Waals surface area (Å²) in [4.78, 5) is 13.7. The molecule has 1 saturated heterocycles. The predicted molar refractivity (Wildman–Crippen MR) is 75.4 cm³/mol. The van der Waals surface area contributed by atoms with Crippen LogP contribution in [0.4, 0.5) is 5.69 Å². The van der Waals surface area contributed by atoms with E-state index in [4.69, 9.17) is 0 Å². The SMILES string of the molecule is O=C1CC(S)CN1c1cccc2c(O)cccc12. The minimum atomic E-state index is 0.0880. The number of phenolic OH excluding ortho intramolecular Hbond substituents is 1. The van der Waals surface area contributed by atoms with Gasteiger partial charge in [0, 0.05) is 29.0 Å². The summed E-state index contributed by atoms with van der Waals surface area (Å²) in [7, 11) is 0. The second-order valence-corrected chi connectivity index (χ2v) is 5.24. The van der Waals surface area contributed by atoms with Crippen LogP contribution >= 0.6 is 12.6 Å². The van der Waals surface area contributed by atoms with Gasteiger partial charge in [-0.15, -0.1) is 0 Å². The molecule has 3 rings (SSSR count). The number of nitrogens with zero attached hydrogens (tertiary/aromatic N) is 1. The quantitative estimate of drug-likeness (QED) is 0.773. The fourth-order valence-corrected chi connectivity index (χ4v) is 2.75. The Balaban J connectivity index is 2.18. The highest BCUT2D eigenvalue weighted by atomic mass is 32.1. The number of carbonyl (C=O) groups excluding carboxylic acids is 1. The number of phenols is 1. The van der Waals surface area contributed by atoms with Gasteiger partial charge in [0.05, 0.1) is 5.69 Å². The van der Waals surface area contributed by atoms with E-state index < -0.39 is 0 Å². The van der Waals surface area contributed by atoms with E-state index in [-0.39, 0.29) is 16.9 Å². The summed E-state index contributed by atoms with van der Waals surface area (Å²) in [6, 6.07) is 11.0. The zero-order chi connectivity index (χ0) is 12.7. The van der Waals surface area contributed by atoms with Crippen LogP contribution in [0.2, 0.25) is 0 Å². The molecule has 92 valence electrons. The lowest BCUT2D eigenvalue weighted by Crippen LogP contribution is -2.24. The topological polar surface area (TPSA) is 40.5 Å². The minimum Gasteiger partial charge on any atom is -0.507 e. The molecule has 3 nitrogen and oxygen atoms in total. The Kier molecular flexibility index (Phi) is 2.67. The van der Waals surface area contributed by atoms with Gasteiger partial charge in [-0.3, -0.25) is 4.79 Å². The minimum absolute atomic E-state index is 0.0880. The molecule has 2 aromatic carbocycles. The fourth-order valence-electron chi connectivity index (χ4n) is 2.43. The number of thiol groups is 1. The Morgan fingerprint density at radius 3 is 2.61 bits per heavy atom. The lowest BCUT2D eigenvalue weighted by Gasteiger charge is -2.18. The molecular weight excluding hydrogens is 246 g/mol. The summed E-state index contributed by atoms with van der Waals surface area (Å²) in [5.74, 6) is 0.328. The van der Waals surface area contributed by atoms with E-state index in [1.54, 1.807) is 17.0 Å². The number of carbonyl (C=O) groups is 1. The molecule has 1 atom stereocenters. The van der Waals surface area contributed by atoms with Crippen molar-refractivity contribution in [3.8, 4) is 5.75 Å². The number of aromatic hydroxyl groups is 1. The van der Waals surface area contributed by atoms with Crippen molar-refractivity contribution in [2.24, 2.45) is 0 Å². The molecule has 0 aromatic heterocycles. The Labute approximate surface area is 110 Å². The first-order valence-corrected chi connectivity index (χ1v) is 6.37. The maximum atomic E-state index is 11.9. The van der Waals surface area contributed by atoms with Crippen molar-refractivity contribution in [2.45, 2.75) is 11.7 Å². The van der Waals surface area contributed by atoms with E-state index in [1.165, 1.54) is 0 Å². The number of hydrogen-bond acceptors (Lipinski definition) is 3. The molecule has 1 amide bonds. The lowest BCUT2D eigenvalue weighted by molar-refractivity contribution is -0.117. The van der Waals surface area contributed by atoms with Crippen LogP contribution in [0.5, 0.6) is 5.75 Å². The van der Waals surface area contributed by atoms with Gasteiger partial charge in [0.15, 0.2) is 0 Å². The highest BCUT2D eigenvalue weighted by Gasteiger charge is 2.29. The second kappa shape index (κ2) is 4.21. The van der Waals surface area contributed by atoms with Crippen molar-refractivity contribution < 1.29 is 9.90 Å². The third kappa shape index (κ3) is 1.73. The normalized spacial score (nSPS) is 19.7. The number of hydrogen-bond donors (Lipinski definition) is 2. The molecule has 0 spiro atoms. The molecule has 1 N–H and O–H groups in total. The monoisotopic (exact) mass is 259 g/mol. The van der Waals surface area contributed by atoms with Crippen LogP contribution in [-0.4, -0.2) is 22.8 Å². The summed E-state index contributed by atoms with van der Waals surface area (Å²) in [5.41, 5.74) is 0.852. The highest BCUT2D eigenvalue weighted by molar-refractivity contribution is 7.81. The third-order valence-corrected chi connectivity index (χ3v) is 3.62. The van der Waals surface area contributed by atoms with Gasteiger partial charge in [-0.2, -0.15) is 12.6 Å². The van der Waals surface area contributed by atoms with E-state index in [0.29, 0.717) is 13.0 Å². The maximum absolute atomic E-state index is 11.9. The Morgan fingerprint density at radius 2 is 1.89 bits per heavy atom. The molecule has 0 radical (unpaired) electrons. The Hall–Kier alpha value is -1.68. The molecule has 1 aliphatic heterocycles. The second-order valence-electron chi connectivity index (χ2n) is 4.51. The van der Waals surface area contributed by atoms with Crippen LogP contribution in [-0.2, 0) is 4.79 Å². The number of anilines is 1. The molecule has 1 heterocycles. The van der Waals surface area contributed by atoms with E-state index in [2.05, 4.69) is 12.6 Å². The van der Waals surface area contributed by atoms with Crippen LogP contribution < -0.4 is 4.90 Å². The highest BCUT2D eigenvalue weighted by Crippen LogP contribution is 2.34. The van der Waals surface area contributed by atoms with Gasteiger partial charge in [0.25, 0.3) is 0 Å². The number of benzene rings is 2. The van der Waals surface area contributed by atoms with E-state index in [9.17, 15) is 9.90 Å². The average Bonchev–Trinajstić information content (AvgIpc) is 2.68. The number of fused-ring (bicyclic) bond motifs is 1. The van der Waals surface area contributed by atoms with Crippen LogP contribution in [0.1, 0.15) is 6.42 Å². The molecule has 0 aliphatic carbocycles. The molecule has 18 heavy (non-hydrogen) atoms. The predicted octanol–water partition coefficient (Wildman–Crippen LogP) is 2.58. The molecule has 2 aromatic rings. The lowest BCUT2D eigenvalue weighted by atomic mass is 10.1. The van der Waals surface area contributed by atoms with E-state index in [1.807, 2.05) is 24.3 Å². The summed E-state index contributed by atoms with van der Waals surface area (Å²) in [5, 5.41) is 11.6. The van der Waals surface area contributed by atoms with Crippen molar-refractivity contribution in [3.05, 3.63) is 36.4 Å². The van der Waals surface area contributed by atoms with E-state index >= 15 is 0 Å². The fraction of sp³-hybridized carbons (Fsp3) is 0.214. The molecule has 4 heteroatoms. The van der Waals surface area contributed by atoms with Crippen molar-refractivity contribution >= 4 is 35.0 Å². The van der Waals surface area contributed by atoms with Gasteiger partial charge >= 0.3 is 0 Å². The van der Waals surface area contributed by atoms with Gasteiger partial charge < -0.3 is 10.0 Å². The largest absolute Gasteiger partial charge is 0.507 e. The van der Waals surface area contributed by atoms with Crippen LogP contribution in [0, 0.1) is 0 Å². The molecule has 0 bridgehead atoms. The average molecular weight is 259 g/mol. The molecule has 1 fully saturated rings. The van der Waals surface area contributed by atoms with Gasteiger partial charge in [-0.25, -0.2) is 0 Å². The first-order chi connectivity index (χ1) is 8.66. The zero-order valence-electron chi connectivity index (χ0n) is 9.71. The summed E-state index contributed by atoms with van der Waals surface area (Å²) in [6.07, 6.45) is 0.471. The summed E-state index contributed by atoms with van der Waals surface area (Å²) in [6.45, 7) is 0.622. The Morgan fingerprint density at radius 1 is 1.17 bits per heavy atom. The molecule has 1 unspecified atom stereocenters. The van der Waals surface area contributed by atoms with Crippen molar-refractivity contribution in [1.29, 1.82) is 0 Å². The van der Waals surface area contributed by atoms with Crippen LogP contribution in [0.15, 0.2) is 36.4 Å². The van der Waals surface area contributed by atoms with Crippen LogP contribution in [0.3, 0.4) is 0 Å². The third-order valence-electron chi connectivity index (χ3n) is 3.27. The summed E-state index contributed by atoms with van der Waals surface area (Å²) < 4.78 is 0. The van der Waals surface area contributed by atoms with Gasteiger partial charge in [0.2, 0.25) is 5.91 Å². The first-order valence-electron chi connectivity index (χ1n) is 5.86.